The fraction of sp³-hybridized carbons (Fsp3) is 0.353. The van der Waals surface area contributed by atoms with Crippen LogP contribution >= 0.6 is 23.1 Å². The molecule has 1 amide bonds. The Morgan fingerprint density at radius 1 is 1.44 bits per heavy atom. The fourth-order valence-corrected chi connectivity index (χ4v) is 3.87. The third-order valence-electron chi connectivity index (χ3n) is 3.54. The minimum Gasteiger partial charge on any atom is -0.452 e. The number of ether oxygens (including phenoxy) is 1. The predicted molar refractivity (Wildman–Crippen MR) is 102 cm³/mol. The molecule has 1 unspecified atom stereocenters. The summed E-state index contributed by atoms with van der Waals surface area (Å²) in [4.78, 5) is 39.5. The van der Waals surface area contributed by atoms with Crippen molar-refractivity contribution >= 4 is 40.7 Å². The fourth-order valence-electron chi connectivity index (χ4n) is 1.98. The zero-order chi connectivity index (χ0) is 20.0. The smallest absolute Gasteiger partial charge is 0.340 e. The molecular formula is C17H19N3O5S2. The van der Waals surface area contributed by atoms with Gasteiger partial charge in [-0.3, -0.25) is 14.9 Å². The molecule has 2 rings (SSSR count). The van der Waals surface area contributed by atoms with Gasteiger partial charge in [0.1, 0.15) is 0 Å². The highest BCUT2D eigenvalue weighted by Crippen LogP contribution is 2.34. The molecule has 1 N–H and O–H groups in total. The van der Waals surface area contributed by atoms with E-state index in [1.807, 2.05) is 26.2 Å². The maximum Gasteiger partial charge on any atom is 0.340 e. The van der Waals surface area contributed by atoms with Crippen LogP contribution in [-0.2, 0) is 9.53 Å². The van der Waals surface area contributed by atoms with E-state index < -0.39 is 23.4 Å². The molecule has 0 saturated heterocycles. The van der Waals surface area contributed by atoms with Gasteiger partial charge in [-0.05, 0) is 26.3 Å². The van der Waals surface area contributed by atoms with Crippen LogP contribution in [0, 0.1) is 17.0 Å². The first-order valence-corrected chi connectivity index (χ1v) is 9.84. The largest absolute Gasteiger partial charge is 0.452 e. The van der Waals surface area contributed by atoms with Crippen molar-refractivity contribution in [2.24, 2.45) is 0 Å². The molecule has 0 aliphatic rings. The van der Waals surface area contributed by atoms with Crippen molar-refractivity contribution in [1.29, 1.82) is 0 Å². The van der Waals surface area contributed by atoms with Gasteiger partial charge in [-0.25, -0.2) is 9.78 Å². The lowest BCUT2D eigenvalue weighted by Crippen LogP contribution is -2.35. The number of esters is 1. The number of carbonyl (C=O) groups excluding carboxylic acids is 2. The molecule has 0 bridgehead atoms. The van der Waals surface area contributed by atoms with Gasteiger partial charge in [0, 0.05) is 34.1 Å². The number of nitro benzene ring substituents is 1. The summed E-state index contributed by atoms with van der Waals surface area (Å²) >= 11 is 2.62. The molecule has 2 aromatic rings. The van der Waals surface area contributed by atoms with Gasteiger partial charge < -0.3 is 10.1 Å². The highest BCUT2D eigenvalue weighted by atomic mass is 32.2. The molecule has 1 heterocycles. The molecule has 8 nitrogen and oxygen atoms in total. The first-order valence-electron chi connectivity index (χ1n) is 8.15. The normalized spacial score (nSPS) is 11.7. The van der Waals surface area contributed by atoms with E-state index in [2.05, 4.69) is 10.3 Å². The number of rotatable bonds is 8. The number of hydrogen-bond acceptors (Lipinski definition) is 8. The zero-order valence-corrected chi connectivity index (χ0v) is 16.7. The molecule has 1 atom stereocenters. The van der Waals surface area contributed by atoms with E-state index in [4.69, 9.17) is 4.74 Å². The summed E-state index contributed by atoms with van der Waals surface area (Å²) in [6.07, 6.45) is 0.749. The number of aromatic nitrogens is 1. The molecule has 0 aliphatic heterocycles. The van der Waals surface area contributed by atoms with E-state index in [1.54, 1.807) is 0 Å². The summed E-state index contributed by atoms with van der Waals surface area (Å²) < 4.78 is 5.75. The Kier molecular flexibility index (Phi) is 7.31. The van der Waals surface area contributed by atoms with Crippen molar-refractivity contribution in [2.75, 3.05) is 6.61 Å². The molecule has 0 fully saturated rings. The van der Waals surface area contributed by atoms with Gasteiger partial charge in [0.15, 0.2) is 10.9 Å². The number of aryl methyl sites for hydroxylation is 1. The standard InChI is InChI=1S/C17H19N3O5S2/c1-4-10(2)18-15(21)8-25-16(22)13-7-12(20(23)24)5-6-14(13)27-17-19-11(3)9-26-17/h5-7,9-10H,4,8H2,1-3H3,(H,18,21). The summed E-state index contributed by atoms with van der Waals surface area (Å²) in [5, 5.41) is 15.6. The Labute approximate surface area is 164 Å². The van der Waals surface area contributed by atoms with Crippen molar-refractivity contribution in [1.82, 2.24) is 10.3 Å². The number of thiazole rings is 1. The summed E-state index contributed by atoms with van der Waals surface area (Å²) in [7, 11) is 0. The second-order valence-corrected chi connectivity index (χ2v) is 7.89. The minimum absolute atomic E-state index is 0.0263. The van der Waals surface area contributed by atoms with E-state index in [-0.39, 0.29) is 17.3 Å². The van der Waals surface area contributed by atoms with Crippen LogP contribution in [0.25, 0.3) is 0 Å². The maximum atomic E-state index is 12.4. The molecule has 1 aromatic carbocycles. The lowest BCUT2D eigenvalue weighted by molar-refractivity contribution is -0.384. The average Bonchev–Trinajstić information content (AvgIpc) is 3.04. The average molecular weight is 409 g/mol. The molecule has 0 spiro atoms. The van der Waals surface area contributed by atoms with Crippen molar-refractivity contribution in [3.63, 3.8) is 0 Å². The molecule has 1 aromatic heterocycles. The van der Waals surface area contributed by atoms with Gasteiger partial charge in [-0.1, -0.05) is 18.7 Å². The van der Waals surface area contributed by atoms with Gasteiger partial charge in [-0.2, -0.15) is 0 Å². The SMILES string of the molecule is CCC(C)NC(=O)COC(=O)c1cc([N+](=O)[O-])ccc1Sc1nc(C)cs1. The summed E-state index contributed by atoms with van der Waals surface area (Å²) in [5.74, 6) is -1.22. The molecule has 0 aliphatic carbocycles. The third-order valence-corrected chi connectivity index (χ3v) is 5.68. The molecule has 0 saturated carbocycles. The Morgan fingerprint density at radius 2 is 2.19 bits per heavy atom. The summed E-state index contributed by atoms with van der Waals surface area (Å²) in [5.41, 5.74) is 0.638. The summed E-state index contributed by atoms with van der Waals surface area (Å²) in [6, 6.07) is 3.91. The molecule has 144 valence electrons. The van der Waals surface area contributed by atoms with Crippen LogP contribution in [0.15, 0.2) is 32.8 Å². The molecule has 10 heteroatoms. The van der Waals surface area contributed by atoms with Crippen LogP contribution in [0.1, 0.15) is 36.3 Å². The van der Waals surface area contributed by atoms with Gasteiger partial charge in [0.25, 0.3) is 11.6 Å². The highest BCUT2D eigenvalue weighted by molar-refractivity contribution is 8.01. The van der Waals surface area contributed by atoms with Crippen LogP contribution in [0.4, 0.5) is 5.69 Å². The van der Waals surface area contributed by atoms with Gasteiger partial charge in [0.2, 0.25) is 0 Å². The van der Waals surface area contributed by atoms with E-state index >= 15 is 0 Å². The van der Waals surface area contributed by atoms with Crippen molar-refractivity contribution in [3.05, 3.63) is 45.0 Å². The Hall–Kier alpha value is -2.46. The molecule has 27 heavy (non-hydrogen) atoms. The Morgan fingerprint density at radius 3 is 2.78 bits per heavy atom. The van der Waals surface area contributed by atoms with Crippen LogP contribution in [0.2, 0.25) is 0 Å². The van der Waals surface area contributed by atoms with Crippen LogP contribution in [-0.4, -0.2) is 34.4 Å². The number of amides is 1. The highest BCUT2D eigenvalue weighted by Gasteiger charge is 2.20. The number of nitrogens with zero attached hydrogens (tertiary/aromatic N) is 2. The van der Waals surface area contributed by atoms with Gasteiger partial charge in [0.05, 0.1) is 10.5 Å². The number of nitrogens with one attached hydrogen (secondary N) is 1. The zero-order valence-electron chi connectivity index (χ0n) is 15.1. The number of non-ortho nitro benzene ring substituents is 1. The number of nitro groups is 1. The first kappa shape index (κ1) is 20.8. The number of hydrogen-bond donors (Lipinski definition) is 1. The lowest BCUT2D eigenvalue weighted by atomic mass is 10.2. The third kappa shape index (κ3) is 6.04. The maximum absolute atomic E-state index is 12.4. The summed E-state index contributed by atoms with van der Waals surface area (Å²) in [6.45, 7) is 5.16. The van der Waals surface area contributed by atoms with Gasteiger partial charge >= 0.3 is 5.97 Å². The Bertz CT molecular complexity index is 853. The quantitative estimate of drug-likeness (QED) is 0.403. The van der Waals surface area contributed by atoms with Crippen molar-refractivity contribution in [3.8, 4) is 0 Å². The predicted octanol–water partition coefficient (Wildman–Crippen LogP) is 3.58. The van der Waals surface area contributed by atoms with E-state index in [1.165, 1.54) is 35.2 Å². The number of benzene rings is 1. The second kappa shape index (κ2) is 9.47. The molecule has 0 radical (unpaired) electrons. The monoisotopic (exact) mass is 409 g/mol. The van der Waals surface area contributed by atoms with Crippen LogP contribution in [0.5, 0.6) is 0 Å². The topological polar surface area (TPSA) is 111 Å². The number of carbonyl (C=O) groups is 2. The van der Waals surface area contributed by atoms with Crippen molar-refractivity contribution in [2.45, 2.75) is 42.5 Å². The lowest BCUT2D eigenvalue weighted by Gasteiger charge is -2.12. The first-order chi connectivity index (χ1) is 12.8. The Balaban J connectivity index is 2.18. The van der Waals surface area contributed by atoms with E-state index in [0.717, 1.165) is 18.2 Å². The van der Waals surface area contributed by atoms with E-state index in [9.17, 15) is 19.7 Å². The van der Waals surface area contributed by atoms with Crippen LogP contribution in [0.3, 0.4) is 0 Å². The van der Waals surface area contributed by atoms with Gasteiger partial charge in [-0.15, -0.1) is 11.3 Å². The van der Waals surface area contributed by atoms with E-state index in [0.29, 0.717) is 9.24 Å². The van der Waals surface area contributed by atoms with Crippen molar-refractivity contribution < 1.29 is 19.2 Å². The minimum atomic E-state index is -0.797. The molecular weight excluding hydrogens is 390 g/mol. The van der Waals surface area contributed by atoms with Crippen LogP contribution < -0.4 is 5.32 Å². The second-order valence-electron chi connectivity index (χ2n) is 5.75.